The summed E-state index contributed by atoms with van der Waals surface area (Å²) in [6.07, 6.45) is 0.188. The van der Waals surface area contributed by atoms with Gasteiger partial charge in [0.05, 0.1) is 19.3 Å². The first-order chi connectivity index (χ1) is 9.47. The van der Waals surface area contributed by atoms with E-state index in [1.54, 1.807) is 11.8 Å². The highest BCUT2D eigenvalue weighted by Crippen LogP contribution is 2.12. The Labute approximate surface area is 120 Å². The van der Waals surface area contributed by atoms with Gasteiger partial charge in [0, 0.05) is 45.7 Å². The molecule has 0 N–H and O–H groups in total. The first-order valence-corrected chi connectivity index (χ1v) is 7.36. The van der Waals surface area contributed by atoms with E-state index >= 15 is 0 Å². The molecule has 114 valence electrons. The second kappa shape index (κ2) is 6.54. The molecule has 2 unspecified atom stereocenters. The Bertz CT molecular complexity index is 367. The van der Waals surface area contributed by atoms with Gasteiger partial charge in [0.15, 0.2) is 0 Å². The summed E-state index contributed by atoms with van der Waals surface area (Å²) in [5.74, 6) is 0.252. The number of amides is 2. The van der Waals surface area contributed by atoms with E-state index in [2.05, 4.69) is 11.8 Å². The minimum atomic E-state index is 0.0905. The number of nitrogens with zero attached hydrogens (tertiary/aromatic N) is 3. The Morgan fingerprint density at radius 2 is 1.70 bits per heavy atom. The van der Waals surface area contributed by atoms with E-state index in [1.165, 1.54) is 0 Å². The van der Waals surface area contributed by atoms with Crippen LogP contribution in [-0.4, -0.2) is 84.5 Å². The van der Waals surface area contributed by atoms with Gasteiger partial charge in [-0.15, -0.1) is 0 Å². The van der Waals surface area contributed by atoms with Crippen molar-refractivity contribution >= 4 is 11.8 Å². The highest BCUT2D eigenvalue weighted by atomic mass is 16.5. The molecule has 2 fully saturated rings. The van der Waals surface area contributed by atoms with Crippen LogP contribution in [0.4, 0.5) is 0 Å². The molecule has 0 aromatic carbocycles. The van der Waals surface area contributed by atoms with Gasteiger partial charge < -0.3 is 14.5 Å². The predicted molar refractivity (Wildman–Crippen MR) is 75.3 cm³/mol. The molecular weight excluding hydrogens is 258 g/mol. The van der Waals surface area contributed by atoms with E-state index in [1.807, 2.05) is 11.8 Å². The first-order valence-electron chi connectivity index (χ1n) is 7.36. The maximum Gasteiger partial charge on any atom is 0.236 e. The molecule has 0 bridgehead atoms. The Morgan fingerprint density at radius 3 is 2.30 bits per heavy atom. The monoisotopic (exact) mass is 283 g/mol. The molecule has 0 aliphatic carbocycles. The van der Waals surface area contributed by atoms with Crippen molar-refractivity contribution in [1.29, 1.82) is 0 Å². The third-order valence-electron chi connectivity index (χ3n) is 4.15. The second-order valence-corrected chi connectivity index (χ2v) is 5.81. The van der Waals surface area contributed by atoms with Gasteiger partial charge in [-0.05, 0) is 13.8 Å². The summed E-state index contributed by atoms with van der Waals surface area (Å²) in [5, 5.41) is 0. The van der Waals surface area contributed by atoms with Gasteiger partial charge >= 0.3 is 0 Å². The average Bonchev–Trinajstić information content (AvgIpc) is 2.43. The molecule has 2 saturated heterocycles. The second-order valence-electron chi connectivity index (χ2n) is 5.81. The van der Waals surface area contributed by atoms with Crippen LogP contribution in [-0.2, 0) is 14.3 Å². The highest BCUT2D eigenvalue weighted by Gasteiger charge is 2.28. The standard InChI is InChI=1S/C14H25N3O3/c1-11-10-20-12(2)8-17(11)9-14(19)16-6-4-15(5-7-16)13(3)18/h11-12H,4-10H2,1-3H3. The normalized spacial score (nSPS) is 28.6. The van der Waals surface area contributed by atoms with Crippen LogP contribution < -0.4 is 0 Å². The first kappa shape index (κ1) is 15.3. The molecule has 6 heteroatoms. The number of carbonyl (C=O) groups is 2. The van der Waals surface area contributed by atoms with Crippen LogP contribution in [0.25, 0.3) is 0 Å². The minimum Gasteiger partial charge on any atom is -0.376 e. The summed E-state index contributed by atoms with van der Waals surface area (Å²) in [4.78, 5) is 29.5. The van der Waals surface area contributed by atoms with Crippen molar-refractivity contribution < 1.29 is 14.3 Å². The Balaban J connectivity index is 1.82. The van der Waals surface area contributed by atoms with E-state index in [4.69, 9.17) is 4.74 Å². The van der Waals surface area contributed by atoms with Crippen molar-refractivity contribution in [3.05, 3.63) is 0 Å². The van der Waals surface area contributed by atoms with Crippen LogP contribution in [0.3, 0.4) is 0 Å². The number of morpholine rings is 1. The van der Waals surface area contributed by atoms with Crippen LogP contribution >= 0.6 is 0 Å². The molecule has 2 atom stereocenters. The van der Waals surface area contributed by atoms with Gasteiger partial charge in [-0.3, -0.25) is 14.5 Å². The highest BCUT2D eigenvalue weighted by molar-refractivity contribution is 5.79. The zero-order chi connectivity index (χ0) is 14.7. The summed E-state index contributed by atoms with van der Waals surface area (Å²) in [7, 11) is 0. The number of rotatable bonds is 2. The fraction of sp³-hybridized carbons (Fsp3) is 0.857. The lowest BCUT2D eigenvalue weighted by molar-refractivity contribution is -0.141. The van der Waals surface area contributed by atoms with Gasteiger partial charge in [0.25, 0.3) is 0 Å². The molecule has 0 aromatic rings. The average molecular weight is 283 g/mol. The van der Waals surface area contributed by atoms with Gasteiger partial charge in [-0.1, -0.05) is 0 Å². The third-order valence-corrected chi connectivity index (χ3v) is 4.15. The van der Waals surface area contributed by atoms with Gasteiger partial charge in [0.1, 0.15) is 0 Å². The van der Waals surface area contributed by atoms with Crippen molar-refractivity contribution in [2.45, 2.75) is 32.9 Å². The SMILES string of the molecule is CC(=O)N1CCN(C(=O)CN2CC(C)OCC2C)CC1. The third kappa shape index (κ3) is 3.70. The number of carbonyl (C=O) groups excluding carboxylic acids is 2. The molecule has 0 radical (unpaired) electrons. The van der Waals surface area contributed by atoms with Crippen LogP contribution in [0, 0.1) is 0 Å². The van der Waals surface area contributed by atoms with E-state index in [-0.39, 0.29) is 24.0 Å². The number of hydrogen-bond donors (Lipinski definition) is 0. The van der Waals surface area contributed by atoms with E-state index in [0.29, 0.717) is 39.3 Å². The van der Waals surface area contributed by atoms with Gasteiger partial charge in [-0.25, -0.2) is 0 Å². The minimum absolute atomic E-state index is 0.0905. The molecular formula is C14H25N3O3. The van der Waals surface area contributed by atoms with Gasteiger partial charge in [0.2, 0.25) is 11.8 Å². The predicted octanol–water partition coefficient (Wildman–Crippen LogP) is -0.214. The maximum absolute atomic E-state index is 12.3. The van der Waals surface area contributed by atoms with Crippen LogP contribution in [0.5, 0.6) is 0 Å². The summed E-state index contributed by atoms with van der Waals surface area (Å²) in [6.45, 7) is 10.2. The Hall–Kier alpha value is -1.14. The quantitative estimate of drug-likeness (QED) is 0.703. The molecule has 2 aliphatic rings. The van der Waals surface area contributed by atoms with Crippen molar-refractivity contribution in [3.63, 3.8) is 0 Å². The van der Waals surface area contributed by atoms with Crippen LogP contribution in [0.15, 0.2) is 0 Å². The summed E-state index contributed by atoms with van der Waals surface area (Å²) in [5.41, 5.74) is 0. The van der Waals surface area contributed by atoms with Gasteiger partial charge in [-0.2, -0.15) is 0 Å². The molecule has 2 rings (SSSR count). The van der Waals surface area contributed by atoms with E-state index in [0.717, 1.165) is 6.54 Å². The van der Waals surface area contributed by atoms with Crippen LogP contribution in [0.1, 0.15) is 20.8 Å². The van der Waals surface area contributed by atoms with Crippen LogP contribution in [0.2, 0.25) is 0 Å². The van der Waals surface area contributed by atoms with Crippen molar-refractivity contribution in [2.75, 3.05) is 45.9 Å². The molecule has 6 nitrogen and oxygen atoms in total. The molecule has 0 spiro atoms. The van der Waals surface area contributed by atoms with Crippen molar-refractivity contribution in [1.82, 2.24) is 14.7 Å². The molecule has 0 aromatic heterocycles. The number of ether oxygens (including phenoxy) is 1. The lowest BCUT2D eigenvalue weighted by Gasteiger charge is -2.39. The van der Waals surface area contributed by atoms with E-state index < -0.39 is 0 Å². The topological polar surface area (TPSA) is 53.1 Å². The molecule has 2 heterocycles. The fourth-order valence-electron chi connectivity index (χ4n) is 2.74. The zero-order valence-electron chi connectivity index (χ0n) is 12.7. The summed E-state index contributed by atoms with van der Waals surface area (Å²) >= 11 is 0. The lowest BCUT2D eigenvalue weighted by Crippen LogP contribution is -2.55. The summed E-state index contributed by atoms with van der Waals surface area (Å²) in [6, 6.07) is 0.286. The molecule has 0 saturated carbocycles. The Morgan fingerprint density at radius 1 is 1.10 bits per heavy atom. The lowest BCUT2D eigenvalue weighted by atomic mass is 10.2. The van der Waals surface area contributed by atoms with E-state index in [9.17, 15) is 9.59 Å². The molecule has 2 aliphatic heterocycles. The zero-order valence-corrected chi connectivity index (χ0v) is 12.7. The smallest absolute Gasteiger partial charge is 0.236 e. The van der Waals surface area contributed by atoms with Crippen molar-refractivity contribution in [2.24, 2.45) is 0 Å². The summed E-state index contributed by atoms with van der Waals surface area (Å²) < 4.78 is 5.58. The fourth-order valence-corrected chi connectivity index (χ4v) is 2.74. The van der Waals surface area contributed by atoms with Crippen molar-refractivity contribution in [3.8, 4) is 0 Å². The number of hydrogen-bond acceptors (Lipinski definition) is 4. The largest absolute Gasteiger partial charge is 0.376 e. The molecule has 20 heavy (non-hydrogen) atoms. The Kier molecular flexibility index (Phi) is 4.99. The maximum atomic E-state index is 12.3. The number of piperazine rings is 1. The molecule has 2 amide bonds.